The Morgan fingerprint density at radius 1 is 0.954 bits per heavy atom. The molecule has 8 N–H and O–H groups in total. The Kier molecular flexibility index (Phi) is 15.7. The number of aliphatic hydroxyl groups is 4. The first kappa shape index (κ1) is 47.6. The zero-order valence-electron chi connectivity index (χ0n) is 37.4. The number of carbonyl (C=O) groups is 2. The molecule has 1 fully saturated rings. The van der Waals surface area contributed by atoms with Crippen molar-refractivity contribution in [3.8, 4) is 28.4 Å². The van der Waals surface area contributed by atoms with Gasteiger partial charge < -0.3 is 45.4 Å². The molecule has 0 amide bonds. The average molecular weight is 929 g/mol. The average Bonchev–Trinajstić information content (AvgIpc) is 3.50. The van der Waals surface area contributed by atoms with Crippen LogP contribution in [0.2, 0.25) is 0 Å². The summed E-state index contributed by atoms with van der Waals surface area (Å²) < 4.78 is 13.1. The van der Waals surface area contributed by atoms with Crippen molar-refractivity contribution in [1.29, 1.82) is 0 Å². The van der Waals surface area contributed by atoms with Gasteiger partial charge in [0.25, 0.3) is 0 Å². The van der Waals surface area contributed by atoms with Gasteiger partial charge >= 0.3 is 0 Å². The van der Waals surface area contributed by atoms with E-state index in [0.29, 0.717) is 74.1 Å². The summed E-state index contributed by atoms with van der Waals surface area (Å²) in [6, 6.07) is 14.4. The molecule has 0 unspecified atom stereocenters. The molecule has 2 bridgehead atoms. The number of carbonyl (C=O) groups excluding carboxylic acids is 2. The van der Waals surface area contributed by atoms with Crippen LogP contribution in [0.25, 0.3) is 21.9 Å². The number of nitrogens with one attached hydrogen (secondary N) is 2. The van der Waals surface area contributed by atoms with E-state index < -0.39 is 18.4 Å². The van der Waals surface area contributed by atoms with E-state index in [2.05, 4.69) is 10.6 Å². The van der Waals surface area contributed by atoms with Crippen LogP contribution in [0.3, 0.4) is 0 Å². The number of phenols is 2. The van der Waals surface area contributed by atoms with E-state index in [0.717, 1.165) is 69.1 Å². The largest absolute Gasteiger partial charge is 0.508 e. The van der Waals surface area contributed by atoms with Gasteiger partial charge in [0.05, 0.1) is 32.0 Å². The van der Waals surface area contributed by atoms with Crippen LogP contribution in [-0.2, 0) is 39.5 Å². The molecule has 1 saturated carbocycles. The molecule has 8 atom stereocenters. The third kappa shape index (κ3) is 10.4. The fourth-order valence-electron chi connectivity index (χ4n) is 10.9. The molecule has 0 aromatic heterocycles. The second kappa shape index (κ2) is 21.4. The zero-order chi connectivity index (χ0) is 45.8. The number of ketones is 2. The number of benzene rings is 4. The van der Waals surface area contributed by atoms with Crippen LogP contribution < -0.4 is 15.4 Å². The number of unbranched alkanes of at least 4 members (excludes halogenated alkanes) is 1. The molecule has 4 aromatic carbocycles. The molecular weight excluding hydrogens is 865 g/mol. The number of aromatic hydroxyl groups is 2. The number of hydrogen-bond donors (Lipinski definition) is 8. The summed E-state index contributed by atoms with van der Waals surface area (Å²) in [5.74, 6) is 0.919. The third-order valence-electron chi connectivity index (χ3n) is 14.3. The SMILES string of the molecule is COc1c(O)ccc2c1-c1ccc3ccc(O)cc3c1CSS[C@H]1CC[C@H](C[C@@H]1O)[C@@H](O[C@H](NCCCCO)c1cc(CO)c3c4c1C[C@H](CO)C[C@H]4CC[C@H](C(C)=O)N3)CC(=O)CC2. The van der Waals surface area contributed by atoms with Crippen LogP contribution in [0.15, 0.2) is 48.5 Å². The summed E-state index contributed by atoms with van der Waals surface area (Å²) in [5.41, 5.74) is 7.71. The molecule has 65 heavy (non-hydrogen) atoms. The topological polar surface area (TPSA) is 198 Å². The second-order valence-corrected chi connectivity index (χ2v) is 21.1. The van der Waals surface area contributed by atoms with Crippen molar-refractivity contribution in [2.45, 2.75) is 132 Å². The standard InChI is InChI=1S/C51H64N2O10S2/c1-28(57)42-14-8-33-19-29(25-55)20-39-40(21-34(26-56)49(53-42)47(33)39)51(52-17-3-4-18-54)63-45-24-36(59)12-6-31-9-15-43(60)50(62-2)48(31)37-13-7-30-5-11-35(58)23-38(30)41(37)27-64-65-46-16-10-32(45)22-44(46)61/h5,7,9,11,13,15,21,23,29,32-33,42,44-46,51-56,58,60-61H,3-4,6,8,10,12,14,16-20,22,24-27H2,1-2H3/t29-,32-,33-,42-,44+,45+,46+,51+/m1/s1. The minimum Gasteiger partial charge on any atom is -0.508 e. The predicted molar refractivity (Wildman–Crippen MR) is 256 cm³/mol. The Balaban J connectivity index is 1.18. The van der Waals surface area contributed by atoms with Gasteiger partial charge in [0.2, 0.25) is 0 Å². The normalized spacial score (nSPS) is 25.2. The summed E-state index contributed by atoms with van der Waals surface area (Å²) in [4.78, 5) is 27.3. The Bertz CT molecular complexity index is 2360. The van der Waals surface area contributed by atoms with E-state index in [1.54, 1.807) is 46.7 Å². The number of hydrogen-bond acceptors (Lipinski definition) is 14. The molecule has 9 rings (SSSR count). The molecule has 0 spiro atoms. The van der Waals surface area contributed by atoms with Crippen molar-refractivity contribution in [3.05, 3.63) is 81.9 Å². The minimum atomic E-state index is -0.717. The highest BCUT2D eigenvalue weighted by molar-refractivity contribution is 8.76. The lowest BCUT2D eigenvalue weighted by Crippen LogP contribution is -2.41. The second-order valence-electron chi connectivity index (χ2n) is 18.5. The fourth-order valence-corrected chi connectivity index (χ4v) is 13.8. The van der Waals surface area contributed by atoms with Gasteiger partial charge in [-0.2, -0.15) is 0 Å². The zero-order valence-corrected chi connectivity index (χ0v) is 39.0. The van der Waals surface area contributed by atoms with Crippen LogP contribution in [0.4, 0.5) is 5.69 Å². The highest BCUT2D eigenvalue weighted by Crippen LogP contribution is 2.50. The quantitative estimate of drug-likeness (QED) is 0.0387. The van der Waals surface area contributed by atoms with Crippen molar-refractivity contribution in [2.75, 3.05) is 32.2 Å². The van der Waals surface area contributed by atoms with Gasteiger partial charge in [-0.25, -0.2) is 0 Å². The predicted octanol–water partition coefficient (Wildman–Crippen LogP) is 7.98. The molecule has 2 aliphatic carbocycles. The molecule has 350 valence electrons. The van der Waals surface area contributed by atoms with Crippen LogP contribution in [0.5, 0.6) is 17.2 Å². The van der Waals surface area contributed by atoms with Crippen LogP contribution in [0, 0.1) is 11.8 Å². The first-order chi connectivity index (χ1) is 31.5. The number of ether oxygens (including phenoxy) is 2. The fraction of sp³-hybridized carbons (Fsp3) is 0.529. The Morgan fingerprint density at radius 2 is 1.78 bits per heavy atom. The third-order valence-corrected chi connectivity index (χ3v) is 17.1. The molecule has 4 aromatic rings. The summed E-state index contributed by atoms with van der Waals surface area (Å²) in [7, 11) is 4.83. The van der Waals surface area contributed by atoms with Crippen molar-refractivity contribution in [3.63, 3.8) is 0 Å². The summed E-state index contributed by atoms with van der Waals surface area (Å²) in [6.45, 7) is 1.90. The van der Waals surface area contributed by atoms with E-state index in [1.807, 2.05) is 30.3 Å². The van der Waals surface area contributed by atoms with Gasteiger partial charge in [-0.15, -0.1) is 0 Å². The molecule has 3 aliphatic heterocycles. The van der Waals surface area contributed by atoms with Gasteiger partial charge in [0.15, 0.2) is 17.3 Å². The van der Waals surface area contributed by atoms with Crippen LogP contribution in [0.1, 0.15) is 117 Å². The van der Waals surface area contributed by atoms with Gasteiger partial charge in [-0.1, -0.05) is 45.9 Å². The number of phenolic OH excluding ortho intramolecular Hbond substituents is 2. The van der Waals surface area contributed by atoms with Crippen molar-refractivity contribution in [1.82, 2.24) is 5.32 Å². The van der Waals surface area contributed by atoms with E-state index in [9.17, 15) is 40.2 Å². The van der Waals surface area contributed by atoms with Gasteiger partial charge in [-0.3, -0.25) is 14.9 Å². The lowest BCUT2D eigenvalue weighted by atomic mass is 9.72. The minimum absolute atomic E-state index is 0.00532. The van der Waals surface area contributed by atoms with E-state index >= 15 is 0 Å². The van der Waals surface area contributed by atoms with Crippen molar-refractivity contribution >= 4 is 49.6 Å². The number of Topliss-reactive ketones (excluding diaryl/α,β-unsaturated/α-hetero) is 2. The summed E-state index contributed by atoms with van der Waals surface area (Å²) >= 11 is 0. The Labute approximate surface area is 389 Å². The summed E-state index contributed by atoms with van der Waals surface area (Å²) in [6.07, 6.45) is 4.60. The molecule has 14 heteroatoms. The Hall–Kier alpha value is -3.86. The lowest BCUT2D eigenvalue weighted by Gasteiger charge is -2.39. The van der Waals surface area contributed by atoms with Gasteiger partial charge in [-0.05, 0) is 164 Å². The number of rotatable bonds is 12. The smallest absolute Gasteiger partial charge is 0.168 e. The Morgan fingerprint density at radius 3 is 2.54 bits per heavy atom. The van der Waals surface area contributed by atoms with Crippen molar-refractivity contribution < 1.29 is 49.7 Å². The van der Waals surface area contributed by atoms with E-state index in [4.69, 9.17) is 9.47 Å². The number of fused-ring (bicyclic) bond motifs is 9. The van der Waals surface area contributed by atoms with E-state index in [1.165, 1.54) is 7.11 Å². The first-order valence-electron chi connectivity index (χ1n) is 23.3. The lowest BCUT2D eigenvalue weighted by molar-refractivity contribution is -0.128. The highest BCUT2D eigenvalue weighted by Gasteiger charge is 2.40. The molecule has 5 aliphatic rings. The molecule has 0 saturated heterocycles. The number of aliphatic hydroxyl groups excluding tert-OH is 4. The van der Waals surface area contributed by atoms with Crippen LogP contribution >= 0.6 is 21.6 Å². The van der Waals surface area contributed by atoms with E-state index in [-0.39, 0.29) is 84.8 Å². The first-order valence-corrected chi connectivity index (χ1v) is 25.7. The maximum atomic E-state index is 14.5. The molecular formula is C51H64N2O10S2. The van der Waals surface area contributed by atoms with Crippen LogP contribution in [-0.4, -0.2) is 92.6 Å². The number of methoxy groups -OCH3 is 1. The maximum Gasteiger partial charge on any atom is 0.168 e. The number of anilines is 1. The summed E-state index contributed by atoms with van der Waals surface area (Å²) in [5, 5.41) is 73.7. The maximum absolute atomic E-state index is 14.5. The monoisotopic (exact) mass is 928 g/mol. The van der Waals surface area contributed by atoms with Gasteiger partial charge in [0, 0.05) is 53.9 Å². The molecule has 0 radical (unpaired) electrons. The molecule has 12 nitrogen and oxygen atoms in total. The highest BCUT2D eigenvalue weighted by atomic mass is 33.1. The molecule has 3 heterocycles. The number of aryl methyl sites for hydroxylation is 1. The van der Waals surface area contributed by atoms with Crippen molar-refractivity contribution in [2.24, 2.45) is 11.8 Å². The van der Waals surface area contributed by atoms with Gasteiger partial charge in [0.1, 0.15) is 17.8 Å².